The molecule has 0 saturated heterocycles. The Morgan fingerprint density at radius 1 is 1.27 bits per heavy atom. The van der Waals surface area contributed by atoms with E-state index in [-0.39, 0.29) is 0 Å². The summed E-state index contributed by atoms with van der Waals surface area (Å²) >= 11 is 4.34. The van der Waals surface area contributed by atoms with Crippen LogP contribution in [0.1, 0.15) is 25.3 Å². The van der Waals surface area contributed by atoms with Crippen molar-refractivity contribution in [1.29, 1.82) is 0 Å². The molecule has 2 nitrogen and oxygen atoms in total. The van der Waals surface area contributed by atoms with E-state index in [0.717, 1.165) is 18.3 Å². The predicted octanol–water partition coefficient (Wildman–Crippen LogP) is 2.92. The van der Waals surface area contributed by atoms with Gasteiger partial charge in [0.05, 0.1) is 6.54 Å². The molecule has 0 atom stereocenters. The minimum Gasteiger partial charge on any atom is -0.320 e. The second kappa shape index (κ2) is 4.27. The van der Waals surface area contributed by atoms with Gasteiger partial charge < -0.3 is 4.90 Å². The zero-order valence-electron chi connectivity index (χ0n) is 9.14. The van der Waals surface area contributed by atoms with Gasteiger partial charge in [-0.05, 0) is 23.6 Å². The van der Waals surface area contributed by atoms with Crippen molar-refractivity contribution >= 4 is 23.5 Å². The highest BCUT2D eigenvalue weighted by Crippen LogP contribution is 2.22. The third-order valence-corrected chi connectivity index (χ3v) is 3.07. The summed E-state index contributed by atoms with van der Waals surface area (Å²) in [7, 11) is 0. The first-order valence-electron chi connectivity index (χ1n) is 5.29. The van der Waals surface area contributed by atoms with E-state index >= 15 is 0 Å². The average Bonchev–Trinajstić information content (AvgIpc) is 2.65. The third kappa shape index (κ3) is 2.17. The lowest BCUT2D eigenvalue weighted by molar-refractivity contribution is 0.866. The lowest BCUT2D eigenvalue weighted by Gasteiger charge is -2.18. The Morgan fingerprint density at radius 2 is 1.93 bits per heavy atom. The molecule has 1 aromatic carbocycles. The van der Waals surface area contributed by atoms with Crippen LogP contribution in [0.25, 0.3) is 0 Å². The summed E-state index contributed by atoms with van der Waals surface area (Å²) in [5, 5.41) is 0.826. The van der Waals surface area contributed by atoms with E-state index in [2.05, 4.69) is 60.6 Å². The second-order valence-electron chi connectivity index (χ2n) is 4.08. The van der Waals surface area contributed by atoms with Crippen LogP contribution in [0, 0.1) is 0 Å². The van der Waals surface area contributed by atoms with Gasteiger partial charge in [0.2, 0.25) is 0 Å². The molecule has 0 radical (unpaired) electrons. The number of amidine groups is 1. The van der Waals surface area contributed by atoms with Crippen molar-refractivity contribution in [2.75, 3.05) is 18.0 Å². The van der Waals surface area contributed by atoms with E-state index < -0.39 is 0 Å². The van der Waals surface area contributed by atoms with E-state index in [1.54, 1.807) is 0 Å². The number of nitrogens with zero attached hydrogens (tertiary/aromatic N) is 2. The number of rotatable bonds is 2. The zero-order chi connectivity index (χ0) is 10.8. The van der Waals surface area contributed by atoms with Gasteiger partial charge in [-0.3, -0.25) is 4.99 Å². The van der Waals surface area contributed by atoms with Crippen molar-refractivity contribution < 1.29 is 0 Å². The number of anilines is 1. The van der Waals surface area contributed by atoms with Crippen LogP contribution in [0.2, 0.25) is 0 Å². The Morgan fingerprint density at radius 3 is 2.40 bits per heavy atom. The average molecular weight is 220 g/mol. The van der Waals surface area contributed by atoms with Crippen LogP contribution in [0.4, 0.5) is 5.69 Å². The highest BCUT2D eigenvalue weighted by atomic mass is 32.1. The molecule has 0 aromatic heterocycles. The summed E-state index contributed by atoms with van der Waals surface area (Å²) in [5.74, 6) is 0.585. The molecule has 0 spiro atoms. The summed E-state index contributed by atoms with van der Waals surface area (Å²) in [5.41, 5.74) is 2.56. The van der Waals surface area contributed by atoms with Crippen LogP contribution in [0.3, 0.4) is 0 Å². The molecule has 0 saturated carbocycles. The minimum atomic E-state index is 0.585. The van der Waals surface area contributed by atoms with Crippen LogP contribution < -0.4 is 4.90 Å². The molecule has 1 aromatic rings. The molecule has 80 valence electrons. The van der Waals surface area contributed by atoms with Crippen LogP contribution in [-0.4, -0.2) is 18.3 Å². The number of hydrogen-bond acceptors (Lipinski definition) is 2. The summed E-state index contributed by atoms with van der Waals surface area (Å²) < 4.78 is 0. The number of aliphatic imine (C=N–C) groups is 1. The summed E-state index contributed by atoms with van der Waals surface area (Å²) in [6.07, 6.45) is 0. The molecule has 15 heavy (non-hydrogen) atoms. The predicted molar refractivity (Wildman–Crippen MR) is 69.2 cm³/mol. The fraction of sp³-hybridized carbons (Fsp3) is 0.417. The molecule has 0 aliphatic carbocycles. The van der Waals surface area contributed by atoms with E-state index in [1.807, 2.05) is 0 Å². The Labute approximate surface area is 96.4 Å². The first kappa shape index (κ1) is 10.6. The van der Waals surface area contributed by atoms with Crippen LogP contribution in [0.5, 0.6) is 0 Å². The van der Waals surface area contributed by atoms with Crippen LogP contribution in [-0.2, 0) is 0 Å². The van der Waals surface area contributed by atoms with Gasteiger partial charge in [0, 0.05) is 12.2 Å². The van der Waals surface area contributed by atoms with E-state index in [1.165, 1.54) is 11.3 Å². The van der Waals surface area contributed by atoms with Gasteiger partial charge in [-0.25, -0.2) is 0 Å². The van der Waals surface area contributed by atoms with Crippen molar-refractivity contribution in [3.8, 4) is 0 Å². The van der Waals surface area contributed by atoms with Gasteiger partial charge in [0.25, 0.3) is 0 Å². The SMILES string of the molecule is CC(C)c1ccc(N2CCN=C2S)cc1. The first-order chi connectivity index (χ1) is 7.18. The Bertz CT molecular complexity index is 368. The molecule has 0 bridgehead atoms. The molecule has 1 heterocycles. The standard InChI is InChI=1S/C12H16N2S/c1-9(2)10-3-5-11(6-4-10)14-8-7-13-12(14)15/h3-6,9H,7-8H2,1-2H3,(H,13,15). The normalized spacial score (nSPS) is 16.0. The molecule has 3 heteroatoms. The van der Waals surface area contributed by atoms with E-state index in [9.17, 15) is 0 Å². The van der Waals surface area contributed by atoms with Gasteiger partial charge in [-0.15, -0.1) is 12.6 Å². The van der Waals surface area contributed by atoms with Crippen molar-refractivity contribution in [2.45, 2.75) is 19.8 Å². The molecule has 1 aliphatic rings. The first-order valence-corrected chi connectivity index (χ1v) is 5.74. The maximum absolute atomic E-state index is 4.34. The van der Waals surface area contributed by atoms with E-state index in [0.29, 0.717) is 5.92 Å². The Balaban J connectivity index is 2.20. The fourth-order valence-electron chi connectivity index (χ4n) is 1.72. The smallest absolute Gasteiger partial charge is 0.160 e. The summed E-state index contributed by atoms with van der Waals surface area (Å²) in [6, 6.07) is 8.65. The second-order valence-corrected chi connectivity index (χ2v) is 4.48. The fourth-order valence-corrected chi connectivity index (χ4v) is 2.03. The lowest BCUT2D eigenvalue weighted by Crippen LogP contribution is -2.23. The van der Waals surface area contributed by atoms with Crippen LogP contribution in [0.15, 0.2) is 29.3 Å². The molecule has 0 amide bonds. The third-order valence-electron chi connectivity index (χ3n) is 2.69. The molecule has 1 aliphatic heterocycles. The monoisotopic (exact) mass is 220 g/mol. The Hall–Kier alpha value is -0.960. The minimum absolute atomic E-state index is 0.585. The largest absolute Gasteiger partial charge is 0.320 e. The number of thiol groups is 1. The van der Waals surface area contributed by atoms with E-state index in [4.69, 9.17) is 0 Å². The molecule has 0 unspecified atom stereocenters. The van der Waals surface area contributed by atoms with Crippen molar-refractivity contribution in [2.24, 2.45) is 4.99 Å². The maximum atomic E-state index is 4.34. The van der Waals surface area contributed by atoms with Crippen molar-refractivity contribution in [3.63, 3.8) is 0 Å². The Kier molecular flexibility index (Phi) is 3.00. The number of hydrogen-bond donors (Lipinski definition) is 1. The summed E-state index contributed by atoms with van der Waals surface area (Å²) in [4.78, 5) is 6.39. The van der Waals surface area contributed by atoms with Gasteiger partial charge in [-0.1, -0.05) is 26.0 Å². The molecular formula is C12H16N2S. The van der Waals surface area contributed by atoms with Gasteiger partial charge in [-0.2, -0.15) is 0 Å². The quantitative estimate of drug-likeness (QED) is 0.758. The van der Waals surface area contributed by atoms with Crippen molar-refractivity contribution in [3.05, 3.63) is 29.8 Å². The molecular weight excluding hydrogens is 204 g/mol. The molecule has 0 N–H and O–H groups in total. The highest BCUT2D eigenvalue weighted by molar-refractivity contribution is 7.97. The highest BCUT2D eigenvalue weighted by Gasteiger charge is 2.15. The van der Waals surface area contributed by atoms with Gasteiger partial charge >= 0.3 is 0 Å². The van der Waals surface area contributed by atoms with Crippen molar-refractivity contribution in [1.82, 2.24) is 0 Å². The summed E-state index contributed by atoms with van der Waals surface area (Å²) in [6.45, 7) is 6.21. The lowest BCUT2D eigenvalue weighted by atomic mass is 10.0. The molecule has 0 fully saturated rings. The topological polar surface area (TPSA) is 15.6 Å². The van der Waals surface area contributed by atoms with Gasteiger partial charge in [0.15, 0.2) is 5.17 Å². The molecule has 2 rings (SSSR count). The zero-order valence-corrected chi connectivity index (χ0v) is 10.0. The van der Waals surface area contributed by atoms with Crippen LogP contribution >= 0.6 is 12.6 Å². The maximum Gasteiger partial charge on any atom is 0.160 e. The number of benzene rings is 1. The van der Waals surface area contributed by atoms with Gasteiger partial charge in [0.1, 0.15) is 0 Å².